The van der Waals surface area contributed by atoms with Crippen molar-refractivity contribution in [2.24, 2.45) is 5.92 Å². The number of halogens is 1. The van der Waals surface area contributed by atoms with Crippen molar-refractivity contribution in [1.29, 1.82) is 0 Å². The van der Waals surface area contributed by atoms with E-state index in [0.29, 0.717) is 18.1 Å². The molecule has 1 aliphatic rings. The van der Waals surface area contributed by atoms with Crippen LogP contribution in [-0.4, -0.2) is 18.8 Å². The van der Waals surface area contributed by atoms with Crippen LogP contribution in [0.25, 0.3) is 0 Å². The zero-order valence-corrected chi connectivity index (χ0v) is 13.0. The largest absolute Gasteiger partial charge is 0.382 e. The number of hydrogen-bond acceptors (Lipinski definition) is 2. The van der Waals surface area contributed by atoms with Gasteiger partial charge in [-0.2, -0.15) is 0 Å². The number of benzene rings is 1. The minimum Gasteiger partial charge on any atom is -0.382 e. The van der Waals surface area contributed by atoms with E-state index < -0.39 is 0 Å². The average molecular weight is 312 g/mol. The van der Waals surface area contributed by atoms with E-state index in [1.165, 1.54) is 11.3 Å². The smallest absolute Gasteiger partial charge is 0.0617 e. The molecular formula is C15H22BrNO. The van der Waals surface area contributed by atoms with E-state index in [-0.39, 0.29) is 0 Å². The summed E-state index contributed by atoms with van der Waals surface area (Å²) in [6.45, 7) is 7.48. The van der Waals surface area contributed by atoms with Crippen LogP contribution in [0.1, 0.15) is 32.3 Å². The van der Waals surface area contributed by atoms with Crippen molar-refractivity contribution >= 4 is 21.6 Å². The Kier molecular flexibility index (Phi) is 4.68. The predicted octanol–water partition coefficient (Wildman–Crippen LogP) is 4.37. The van der Waals surface area contributed by atoms with Crippen molar-refractivity contribution in [3.8, 4) is 0 Å². The molecule has 0 saturated carbocycles. The molecular weight excluding hydrogens is 290 g/mol. The molecule has 1 aromatic carbocycles. The minimum absolute atomic E-state index is 0.392. The minimum atomic E-state index is 0.392. The van der Waals surface area contributed by atoms with Crippen LogP contribution in [-0.2, 0) is 4.74 Å². The van der Waals surface area contributed by atoms with Gasteiger partial charge in [-0.15, -0.1) is 0 Å². The van der Waals surface area contributed by atoms with Gasteiger partial charge in [0.15, 0.2) is 0 Å². The molecule has 0 amide bonds. The third-order valence-electron chi connectivity index (χ3n) is 3.62. The molecule has 100 valence electrons. The lowest BCUT2D eigenvalue weighted by molar-refractivity contribution is -0.0160. The molecule has 0 aliphatic carbocycles. The molecule has 2 rings (SSSR count). The highest BCUT2D eigenvalue weighted by molar-refractivity contribution is 9.10. The van der Waals surface area contributed by atoms with Gasteiger partial charge in [0.2, 0.25) is 0 Å². The lowest BCUT2D eigenvalue weighted by Crippen LogP contribution is -2.36. The van der Waals surface area contributed by atoms with E-state index in [9.17, 15) is 0 Å². The van der Waals surface area contributed by atoms with Gasteiger partial charge in [0.05, 0.1) is 6.10 Å². The monoisotopic (exact) mass is 311 g/mol. The summed E-state index contributed by atoms with van der Waals surface area (Å²) in [5.74, 6) is 0.596. The van der Waals surface area contributed by atoms with Gasteiger partial charge in [-0.3, -0.25) is 0 Å². The van der Waals surface area contributed by atoms with Crippen molar-refractivity contribution in [2.75, 3.05) is 11.9 Å². The van der Waals surface area contributed by atoms with Crippen molar-refractivity contribution < 1.29 is 4.74 Å². The number of hydrogen-bond donors (Lipinski definition) is 1. The fourth-order valence-corrected chi connectivity index (χ4v) is 2.75. The third-order valence-corrected chi connectivity index (χ3v) is 4.11. The van der Waals surface area contributed by atoms with E-state index in [1.54, 1.807) is 0 Å². The van der Waals surface area contributed by atoms with Crippen LogP contribution in [0.3, 0.4) is 0 Å². The van der Waals surface area contributed by atoms with Crippen LogP contribution in [0.5, 0.6) is 0 Å². The van der Waals surface area contributed by atoms with Gasteiger partial charge in [-0.1, -0.05) is 35.8 Å². The Morgan fingerprint density at radius 1 is 1.39 bits per heavy atom. The molecule has 3 heteroatoms. The maximum absolute atomic E-state index is 5.81. The first kappa shape index (κ1) is 13.9. The van der Waals surface area contributed by atoms with Crippen LogP contribution < -0.4 is 5.32 Å². The van der Waals surface area contributed by atoms with E-state index in [0.717, 1.165) is 23.9 Å². The number of anilines is 1. The molecule has 1 saturated heterocycles. The van der Waals surface area contributed by atoms with E-state index >= 15 is 0 Å². The van der Waals surface area contributed by atoms with Gasteiger partial charge in [0.1, 0.15) is 0 Å². The highest BCUT2D eigenvalue weighted by Gasteiger charge is 2.24. The summed E-state index contributed by atoms with van der Waals surface area (Å²) in [6.07, 6.45) is 2.59. The van der Waals surface area contributed by atoms with E-state index in [2.05, 4.69) is 60.2 Å². The Hall–Kier alpha value is -0.540. The Balaban J connectivity index is 2.02. The highest BCUT2D eigenvalue weighted by atomic mass is 79.9. The molecule has 0 spiro atoms. The molecule has 0 aromatic heterocycles. The fourth-order valence-electron chi connectivity index (χ4n) is 2.39. The van der Waals surface area contributed by atoms with Crippen LogP contribution in [0.2, 0.25) is 0 Å². The zero-order valence-electron chi connectivity index (χ0n) is 11.4. The van der Waals surface area contributed by atoms with Gasteiger partial charge in [-0.05, 0) is 43.4 Å². The van der Waals surface area contributed by atoms with Gasteiger partial charge >= 0.3 is 0 Å². The topological polar surface area (TPSA) is 21.3 Å². The molecule has 1 aromatic rings. The molecule has 2 atom stereocenters. The summed E-state index contributed by atoms with van der Waals surface area (Å²) < 4.78 is 6.94. The predicted molar refractivity (Wildman–Crippen MR) is 80.1 cm³/mol. The Labute approximate surface area is 118 Å². The molecule has 2 unspecified atom stereocenters. The van der Waals surface area contributed by atoms with Crippen molar-refractivity contribution in [3.05, 3.63) is 28.2 Å². The quantitative estimate of drug-likeness (QED) is 0.894. The van der Waals surface area contributed by atoms with E-state index in [1.807, 2.05) is 0 Å². The maximum atomic E-state index is 5.81. The summed E-state index contributed by atoms with van der Waals surface area (Å²) in [7, 11) is 0. The van der Waals surface area contributed by atoms with Gasteiger partial charge < -0.3 is 10.1 Å². The molecule has 0 bridgehead atoms. The molecule has 1 fully saturated rings. The van der Waals surface area contributed by atoms with Crippen molar-refractivity contribution in [1.82, 2.24) is 0 Å². The second kappa shape index (κ2) is 6.07. The molecule has 1 heterocycles. The maximum Gasteiger partial charge on any atom is 0.0617 e. The normalized spacial score (nSPS) is 24.3. The third kappa shape index (κ3) is 3.48. The van der Waals surface area contributed by atoms with Crippen LogP contribution >= 0.6 is 15.9 Å². The summed E-state index contributed by atoms with van der Waals surface area (Å²) >= 11 is 3.53. The number of rotatable bonds is 3. The van der Waals surface area contributed by atoms with Crippen molar-refractivity contribution in [2.45, 2.75) is 45.8 Å². The molecule has 1 N–H and O–H groups in total. The first-order chi connectivity index (χ1) is 8.56. The van der Waals surface area contributed by atoms with Gasteiger partial charge in [-0.25, -0.2) is 0 Å². The molecule has 0 radical (unpaired) electrons. The average Bonchev–Trinajstić information content (AvgIpc) is 2.34. The number of aryl methyl sites for hydroxylation is 1. The Morgan fingerprint density at radius 2 is 2.17 bits per heavy atom. The summed E-state index contributed by atoms with van der Waals surface area (Å²) in [5, 5.41) is 3.66. The fraction of sp³-hybridized carbons (Fsp3) is 0.600. The lowest BCUT2D eigenvalue weighted by atomic mass is 9.95. The van der Waals surface area contributed by atoms with Crippen LogP contribution in [0.4, 0.5) is 5.69 Å². The summed E-state index contributed by atoms with van der Waals surface area (Å²) in [4.78, 5) is 0. The zero-order chi connectivity index (χ0) is 13.1. The first-order valence-corrected chi connectivity index (χ1v) is 7.50. The second-order valence-corrected chi connectivity index (χ2v) is 6.39. The van der Waals surface area contributed by atoms with Crippen LogP contribution in [0, 0.1) is 12.8 Å². The Bertz CT molecular complexity index is 405. The van der Waals surface area contributed by atoms with E-state index in [4.69, 9.17) is 4.74 Å². The van der Waals surface area contributed by atoms with Gasteiger partial charge in [0.25, 0.3) is 0 Å². The summed E-state index contributed by atoms with van der Waals surface area (Å²) in [5.41, 5.74) is 2.53. The molecule has 1 aliphatic heterocycles. The van der Waals surface area contributed by atoms with Crippen LogP contribution in [0.15, 0.2) is 22.7 Å². The van der Waals surface area contributed by atoms with Crippen molar-refractivity contribution in [3.63, 3.8) is 0 Å². The highest BCUT2D eigenvalue weighted by Crippen LogP contribution is 2.26. The standard InChI is InChI=1S/C15H22BrNO/c1-10(2)15-9-13(6-7-18-15)17-14-8-12(16)5-4-11(14)3/h4-5,8,10,13,15,17H,6-7,9H2,1-3H3. The number of ether oxygens (including phenoxy) is 1. The molecule has 2 nitrogen and oxygen atoms in total. The SMILES string of the molecule is Cc1ccc(Br)cc1NC1CCOC(C(C)C)C1. The van der Waals surface area contributed by atoms with Gasteiger partial charge in [0, 0.05) is 22.8 Å². The number of nitrogens with one attached hydrogen (secondary N) is 1. The lowest BCUT2D eigenvalue weighted by Gasteiger charge is -2.33. The Morgan fingerprint density at radius 3 is 2.89 bits per heavy atom. The molecule has 18 heavy (non-hydrogen) atoms. The second-order valence-electron chi connectivity index (χ2n) is 5.48. The first-order valence-electron chi connectivity index (χ1n) is 6.70. The summed E-state index contributed by atoms with van der Waals surface area (Å²) in [6, 6.07) is 6.92.